The minimum atomic E-state index is -0.629. The summed E-state index contributed by atoms with van der Waals surface area (Å²) in [6, 6.07) is 9.95. The third kappa shape index (κ3) is 6.37. The lowest BCUT2D eigenvalue weighted by Gasteiger charge is -2.27. The predicted molar refractivity (Wildman–Crippen MR) is 157 cm³/mol. The van der Waals surface area contributed by atoms with E-state index in [4.69, 9.17) is 15.8 Å². The molecule has 0 saturated heterocycles. The van der Waals surface area contributed by atoms with Gasteiger partial charge in [-0.05, 0) is 56.7 Å². The highest BCUT2D eigenvalue weighted by Crippen LogP contribution is 2.28. The second-order valence-corrected chi connectivity index (χ2v) is 10.9. The van der Waals surface area contributed by atoms with Crippen LogP contribution < -0.4 is 27.0 Å². The monoisotopic (exact) mass is 558 g/mol. The molecule has 4 aromatic rings. The van der Waals surface area contributed by atoms with E-state index in [1.54, 1.807) is 0 Å². The van der Waals surface area contributed by atoms with E-state index >= 15 is 0 Å². The van der Waals surface area contributed by atoms with Gasteiger partial charge < -0.3 is 27.0 Å². The van der Waals surface area contributed by atoms with Gasteiger partial charge in [-0.25, -0.2) is 18.9 Å². The Hall–Kier alpha value is -4.32. The summed E-state index contributed by atoms with van der Waals surface area (Å²) in [5.74, 6) is 0.862. The lowest BCUT2D eigenvalue weighted by Crippen LogP contribution is -2.33. The highest BCUT2D eigenvalue weighted by Gasteiger charge is 2.22. The number of amides is 1. The maximum absolute atomic E-state index is 14.2. The Kier molecular flexibility index (Phi) is 7.90. The predicted octanol–water partition coefficient (Wildman–Crippen LogP) is 5.08. The van der Waals surface area contributed by atoms with Crippen LogP contribution >= 0.6 is 0 Å². The first-order valence-electron chi connectivity index (χ1n) is 14.3. The van der Waals surface area contributed by atoms with Crippen LogP contribution in [0.3, 0.4) is 0 Å². The zero-order chi connectivity index (χ0) is 28.2. The summed E-state index contributed by atoms with van der Waals surface area (Å²) in [6.07, 6.45) is 13.7. The molecule has 214 valence electrons. The first-order chi connectivity index (χ1) is 20.0. The average Bonchev–Trinajstić information content (AvgIpc) is 3.41. The molecule has 2 aliphatic rings. The van der Waals surface area contributed by atoms with Crippen molar-refractivity contribution in [3.05, 3.63) is 60.4 Å². The van der Waals surface area contributed by atoms with Gasteiger partial charge in [0.15, 0.2) is 17.2 Å². The van der Waals surface area contributed by atoms with Gasteiger partial charge in [0.05, 0.1) is 23.8 Å². The number of carbonyl (C=O) groups excluding carboxylic acids is 1. The van der Waals surface area contributed by atoms with Crippen molar-refractivity contribution in [2.75, 3.05) is 21.3 Å². The first-order valence-corrected chi connectivity index (χ1v) is 14.3. The van der Waals surface area contributed by atoms with Crippen LogP contribution in [0.2, 0.25) is 0 Å². The van der Waals surface area contributed by atoms with E-state index in [0.717, 1.165) is 50.5 Å². The lowest BCUT2D eigenvalue weighted by molar-refractivity contribution is 0.102. The van der Waals surface area contributed by atoms with Gasteiger partial charge in [0.2, 0.25) is 0 Å². The number of pyridine rings is 2. The van der Waals surface area contributed by atoms with Gasteiger partial charge >= 0.3 is 0 Å². The van der Waals surface area contributed by atoms with Crippen LogP contribution in [-0.2, 0) is 0 Å². The molecular weight excluding hydrogens is 523 g/mol. The zero-order valence-corrected chi connectivity index (χ0v) is 22.8. The highest BCUT2D eigenvalue weighted by atomic mass is 19.1. The summed E-state index contributed by atoms with van der Waals surface area (Å²) in [4.78, 5) is 26.2. The molecule has 1 amide bonds. The molecule has 6 N–H and O–H groups in total. The number of carbonyl (C=O) groups is 1. The van der Waals surface area contributed by atoms with E-state index in [1.807, 2.05) is 24.3 Å². The quantitative estimate of drug-likeness (QED) is 0.200. The number of nitrogens with one attached hydrogen (secondary N) is 4. The third-order valence-corrected chi connectivity index (χ3v) is 7.81. The fourth-order valence-electron chi connectivity index (χ4n) is 5.60. The molecule has 0 atom stereocenters. The van der Waals surface area contributed by atoms with Crippen LogP contribution in [0.15, 0.2) is 48.9 Å². The SMILES string of the molecule is NC1CCC(Nc2cc(Nc3cccc(NC4CCCCC4)n3)c3ncc(C(=O)Nc4ccncc4F)n3n2)CC1. The van der Waals surface area contributed by atoms with Gasteiger partial charge in [-0.1, -0.05) is 25.3 Å². The standard InChI is InChI=1S/C29H35FN10O/c30-21-16-32-14-13-22(21)37-29(41)24-17-33-28-23(15-27(39-40(24)28)35-20-11-9-18(31)10-12-20)36-26-8-4-7-25(38-26)34-19-5-2-1-3-6-19/h4,7-8,13-20H,1-3,5-6,9-12,31H2,(H,35,39)(H,32,37,41)(H2,34,36,38). The van der Waals surface area contributed by atoms with Crippen LogP contribution in [0.5, 0.6) is 0 Å². The minimum Gasteiger partial charge on any atom is -0.367 e. The van der Waals surface area contributed by atoms with E-state index in [-0.39, 0.29) is 23.5 Å². The number of hydrogen-bond donors (Lipinski definition) is 5. The maximum atomic E-state index is 14.2. The summed E-state index contributed by atoms with van der Waals surface area (Å²) >= 11 is 0. The molecule has 4 heterocycles. The largest absolute Gasteiger partial charge is 0.367 e. The Morgan fingerprint density at radius 2 is 1.66 bits per heavy atom. The zero-order valence-electron chi connectivity index (χ0n) is 22.8. The van der Waals surface area contributed by atoms with Gasteiger partial charge in [-0.3, -0.25) is 9.78 Å². The van der Waals surface area contributed by atoms with Crippen molar-refractivity contribution in [1.82, 2.24) is 24.6 Å². The molecule has 2 aliphatic carbocycles. The molecule has 2 fully saturated rings. The summed E-state index contributed by atoms with van der Waals surface area (Å²) < 4.78 is 15.7. The molecule has 2 saturated carbocycles. The second-order valence-electron chi connectivity index (χ2n) is 10.9. The molecule has 0 spiro atoms. The van der Waals surface area contributed by atoms with Crippen molar-refractivity contribution < 1.29 is 9.18 Å². The number of halogens is 1. The Morgan fingerprint density at radius 3 is 2.46 bits per heavy atom. The average molecular weight is 559 g/mol. The van der Waals surface area contributed by atoms with E-state index < -0.39 is 11.7 Å². The first kappa shape index (κ1) is 26.9. The van der Waals surface area contributed by atoms with E-state index in [1.165, 1.54) is 42.2 Å². The number of hydrogen-bond acceptors (Lipinski definition) is 9. The van der Waals surface area contributed by atoms with E-state index in [9.17, 15) is 9.18 Å². The van der Waals surface area contributed by atoms with Gasteiger partial charge in [0.25, 0.3) is 5.91 Å². The number of aromatic nitrogens is 5. The Labute approximate surface area is 237 Å². The number of fused-ring (bicyclic) bond motifs is 1. The Bertz CT molecular complexity index is 1510. The van der Waals surface area contributed by atoms with Crippen molar-refractivity contribution in [2.45, 2.75) is 75.9 Å². The summed E-state index contributed by atoms with van der Waals surface area (Å²) in [5, 5.41) is 17.8. The molecule has 0 radical (unpaired) electrons. The molecule has 0 aliphatic heterocycles. The molecule has 6 rings (SSSR count). The maximum Gasteiger partial charge on any atom is 0.276 e. The second kappa shape index (κ2) is 12.0. The van der Waals surface area contributed by atoms with Crippen molar-refractivity contribution in [3.8, 4) is 0 Å². The van der Waals surface area contributed by atoms with Gasteiger partial charge in [0, 0.05) is 30.4 Å². The third-order valence-electron chi connectivity index (χ3n) is 7.81. The fraction of sp³-hybridized carbons (Fsp3) is 0.414. The summed E-state index contributed by atoms with van der Waals surface area (Å²) in [5.41, 5.74) is 7.36. The molecule has 0 unspecified atom stereocenters. The van der Waals surface area contributed by atoms with E-state index in [0.29, 0.717) is 29.0 Å². The highest BCUT2D eigenvalue weighted by molar-refractivity contribution is 6.03. The summed E-state index contributed by atoms with van der Waals surface area (Å²) in [6.45, 7) is 0. The minimum absolute atomic E-state index is 0.0256. The Balaban J connectivity index is 1.30. The van der Waals surface area contributed by atoms with Crippen molar-refractivity contribution in [2.24, 2.45) is 5.73 Å². The number of imidazole rings is 1. The molecule has 0 bridgehead atoms. The number of nitrogens with zero attached hydrogens (tertiary/aromatic N) is 5. The van der Waals surface area contributed by atoms with Crippen molar-refractivity contribution >= 4 is 40.4 Å². The summed E-state index contributed by atoms with van der Waals surface area (Å²) in [7, 11) is 0. The van der Waals surface area contributed by atoms with Crippen LogP contribution in [-0.4, -0.2) is 48.6 Å². The van der Waals surface area contributed by atoms with E-state index in [2.05, 4.69) is 31.2 Å². The Morgan fingerprint density at radius 1 is 0.902 bits per heavy atom. The molecule has 41 heavy (non-hydrogen) atoms. The molecule has 4 aromatic heterocycles. The smallest absolute Gasteiger partial charge is 0.276 e. The number of anilines is 5. The molecule has 11 nitrogen and oxygen atoms in total. The lowest BCUT2D eigenvalue weighted by atomic mass is 9.92. The normalized spacial score (nSPS) is 19.6. The molecule has 0 aromatic carbocycles. The van der Waals surface area contributed by atoms with Gasteiger partial charge in [-0.2, -0.15) is 0 Å². The van der Waals surface area contributed by atoms with Crippen LogP contribution in [0.4, 0.5) is 33.2 Å². The molecular formula is C29H35FN10O. The topological polar surface area (TPSA) is 147 Å². The van der Waals surface area contributed by atoms with Crippen molar-refractivity contribution in [3.63, 3.8) is 0 Å². The fourth-order valence-corrected chi connectivity index (χ4v) is 5.60. The van der Waals surface area contributed by atoms with Gasteiger partial charge in [0.1, 0.15) is 17.5 Å². The molecule has 12 heteroatoms. The van der Waals surface area contributed by atoms with Crippen LogP contribution in [0, 0.1) is 5.82 Å². The van der Waals surface area contributed by atoms with Crippen molar-refractivity contribution in [1.29, 1.82) is 0 Å². The van der Waals surface area contributed by atoms with Crippen LogP contribution in [0.1, 0.15) is 68.3 Å². The number of rotatable bonds is 8. The van der Waals surface area contributed by atoms with Gasteiger partial charge in [-0.15, -0.1) is 5.10 Å². The van der Waals surface area contributed by atoms with Crippen LogP contribution in [0.25, 0.3) is 5.65 Å². The number of nitrogens with two attached hydrogens (primary N) is 1.